The van der Waals surface area contributed by atoms with Crippen molar-refractivity contribution in [2.45, 2.75) is 27.2 Å². The molecule has 0 spiro atoms. The molecule has 0 aromatic heterocycles. The van der Waals surface area contributed by atoms with Gasteiger partial charge in [0.15, 0.2) is 0 Å². The van der Waals surface area contributed by atoms with E-state index in [4.69, 9.17) is 0 Å². The van der Waals surface area contributed by atoms with Crippen LogP contribution in [0.25, 0.3) is 0 Å². The van der Waals surface area contributed by atoms with Crippen LogP contribution in [0.5, 0.6) is 0 Å². The Morgan fingerprint density at radius 1 is 0.826 bits per heavy atom. The molecule has 0 unspecified atom stereocenters. The monoisotopic (exact) mass is 385 g/mol. The molecule has 3 nitrogen and oxygen atoms in total. The van der Waals surface area contributed by atoms with Crippen molar-refractivity contribution in [3.8, 4) is 0 Å². The first-order valence-electron chi connectivity index (χ1n) is 7.29. The molecule has 2 aromatic carbocycles. The minimum Gasteiger partial charge on any atom is -0.358 e. The molecule has 1 aliphatic heterocycles. The molecule has 3 rings (SSSR count). The molecule has 4 heteroatoms. The van der Waals surface area contributed by atoms with E-state index < -0.39 is 0 Å². The molecule has 23 heavy (non-hydrogen) atoms. The summed E-state index contributed by atoms with van der Waals surface area (Å²) in [4.78, 5) is 25.8. The third kappa shape index (κ3) is 4.16. The van der Waals surface area contributed by atoms with E-state index in [1.807, 2.05) is 38.1 Å². The topological polar surface area (TPSA) is 37.4 Å². The van der Waals surface area contributed by atoms with E-state index >= 15 is 0 Å². The summed E-state index contributed by atoms with van der Waals surface area (Å²) < 4.78 is 0. The van der Waals surface area contributed by atoms with Crippen LogP contribution < -0.4 is 4.90 Å². The van der Waals surface area contributed by atoms with Gasteiger partial charge in [-0.2, -0.15) is 0 Å². The summed E-state index contributed by atoms with van der Waals surface area (Å²) in [6.45, 7) is 6.07. The predicted molar refractivity (Wildman–Crippen MR) is 91.2 cm³/mol. The van der Waals surface area contributed by atoms with Gasteiger partial charge >= 0.3 is 0 Å². The van der Waals surface area contributed by atoms with E-state index in [1.165, 1.54) is 10.5 Å². The van der Waals surface area contributed by atoms with Gasteiger partial charge in [0.25, 0.3) is 11.8 Å². The van der Waals surface area contributed by atoms with Gasteiger partial charge in [-0.15, -0.1) is 0 Å². The number of anilines is 1. The van der Waals surface area contributed by atoms with Crippen LogP contribution in [-0.2, 0) is 39.1 Å². The summed E-state index contributed by atoms with van der Waals surface area (Å²) in [5.74, 6) is -0.491. The maximum Gasteiger partial charge on any atom is 0.266 e. The van der Waals surface area contributed by atoms with Gasteiger partial charge < -0.3 is 7.43 Å². The number of carbonyl (C=O) groups is 2. The zero-order valence-electron chi connectivity index (χ0n) is 14.2. The number of hydrogen-bond donors (Lipinski definition) is 0. The molecule has 0 saturated carbocycles. The van der Waals surface area contributed by atoms with Crippen molar-refractivity contribution in [1.82, 2.24) is 0 Å². The normalized spacial score (nSPS) is 11.7. The zero-order chi connectivity index (χ0) is 15.4. The summed E-state index contributed by atoms with van der Waals surface area (Å²) in [6.07, 6.45) is 0.933. The molecule has 1 heterocycles. The molecule has 0 atom stereocenters. The summed E-state index contributed by atoms with van der Waals surface area (Å²) in [5.41, 5.74) is 2.77. The van der Waals surface area contributed by atoms with Gasteiger partial charge in [0.2, 0.25) is 0 Å². The minimum atomic E-state index is -0.246. The number of rotatable bonds is 2. The molecule has 0 fully saturated rings. The van der Waals surface area contributed by atoms with Crippen LogP contribution in [0.1, 0.15) is 47.1 Å². The smallest absolute Gasteiger partial charge is 0.266 e. The number of imide groups is 1. The first kappa shape index (κ1) is 21.7. The third-order valence-corrected chi connectivity index (χ3v) is 3.40. The fraction of sp³-hybridized carbons (Fsp3) is 0.211. The second-order valence-electron chi connectivity index (χ2n) is 4.51. The summed E-state index contributed by atoms with van der Waals surface area (Å²) in [6, 6.07) is 14.5. The number of carbonyl (C=O) groups excluding carboxylic acids is 2. The first-order valence-corrected chi connectivity index (χ1v) is 7.29. The van der Waals surface area contributed by atoms with Gasteiger partial charge in [-0.3, -0.25) is 9.59 Å². The number of nitrogens with zero attached hydrogens (tertiary/aromatic N) is 1. The van der Waals surface area contributed by atoms with Gasteiger partial charge in [0.1, 0.15) is 0 Å². The van der Waals surface area contributed by atoms with E-state index in [1.54, 1.807) is 24.3 Å². The molecule has 0 N–H and O–H groups in total. The average Bonchev–Trinajstić information content (AvgIpc) is 2.81. The average molecular weight is 385 g/mol. The van der Waals surface area contributed by atoms with Crippen molar-refractivity contribution in [1.29, 1.82) is 0 Å². The summed E-state index contributed by atoms with van der Waals surface area (Å²) >= 11 is 0. The molecule has 0 aliphatic carbocycles. The molecule has 2 amide bonds. The summed E-state index contributed by atoms with van der Waals surface area (Å²) in [5, 5.41) is 0. The van der Waals surface area contributed by atoms with Crippen molar-refractivity contribution in [2.24, 2.45) is 0 Å². The zero-order valence-corrected chi connectivity index (χ0v) is 17.0. The Bertz CT molecular complexity index is 630. The minimum absolute atomic E-state index is 0. The van der Waals surface area contributed by atoms with Crippen LogP contribution in [0.3, 0.4) is 0 Å². The van der Waals surface area contributed by atoms with Crippen molar-refractivity contribution in [3.63, 3.8) is 0 Å². The van der Waals surface area contributed by atoms with Crippen LogP contribution in [0.15, 0.2) is 48.5 Å². The van der Waals surface area contributed by atoms with Crippen molar-refractivity contribution >= 4 is 17.5 Å². The molecule has 0 saturated heterocycles. The van der Waals surface area contributed by atoms with Gasteiger partial charge in [0, 0.05) is 32.7 Å². The van der Waals surface area contributed by atoms with Gasteiger partial charge in [0.05, 0.1) is 16.8 Å². The van der Waals surface area contributed by atoms with E-state index in [9.17, 15) is 9.59 Å². The quantitative estimate of drug-likeness (QED) is 0.563. The second kappa shape index (κ2) is 9.74. The fourth-order valence-corrected chi connectivity index (χ4v) is 2.30. The Morgan fingerprint density at radius 2 is 1.26 bits per heavy atom. The number of amides is 2. The van der Waals surface area contributed by atoms with Crippen LogP contribution >= 0.6 is 0 Å². The largest absolute Gasteiger partial charge is 0.358 e. The molecule has 1 radical (unpaired) electrons. The SMILES string of the molecule is CC.CCc1ccc(N2C(=O)c3ccccc3C2=O)cc1.[CH3-].[Y]. The van der Waals surface area contributed by atoms with Crippen LogP contribution in [0, 0.1) is 7.43 Å². The molecule has 119 valence electrons. The van der Waals surface area contributed by atoms with E-state index in [-0.39, 0.29) is 52.0 Å². The van der Waals surface area contributed by atoms with Crippen LogP contribution in [0.4, 0.5) is 5.69 Å². The van der Waals surface area contributed by atoms with Gasteiger partial charge in [-0.1, -0.05) is 45.0 Å². The molecule has 0 bridgehead atoms. The standard InChI is InChI=1S/C16H13NO2.C2H6.CH3.Y/c1-2-11-7-9-12(10-8-11)17-15(18)13-5-3-4-6-14(13)16(17)19;1-2;;/h3-10H,2H2,1H3;1-2H3;1H3;/q;;-1;. The number of benzene rings is 2. The van der Waals surface area contributed by atoms with Gasteiger partial charge in [-0.25, -0.2) is 4.90 Å². The number of fused-ring (bicyclic) bond motifs is 1. The Balaban J connectivity index is 0.00000117. The Labute approximate surface area is 164 Å². The summed E-state index contributed by atoms with van der Waals surface area (Å²) in [7, 11) is 0. The Kier molecular flexibility index (Phi) is 9.18. The van der Waals surface area contributed by atoms with E-state index in [0.29, 0.717) is 16.8 Å². The Morgan fingerprint density at radius 3 is 1.65 bits per heavy atom. The molecule has 1 aliphatic rings. The van der Waals surface area contributed by atoms with Gasteiger partial charge in [-0.05, 0) is 36.2 Å². The molecular weight excluding hydrogens is 363 g/mol. The first-order chi connectivity index (χ1) is 10.2. The fourth-order valence-electron chi connectivity index (χ4n) is 2.30. The maximum absolute atomic E-state index is 12.3. The number of aryl methyl sites for hydroxylation is 1. The maximum atomic E-state index is 12.3. The number of hydrogen-bond acceptors (Lipinski definition) is 2. The predicted octanol–water partition coefficient (Wildman–Crippen LogP) is 4.52. The van der Waals surface area contributed by atoms with E-state index in [2.05, 4.69) is 6.92 Å². The van der Waals surface area contributed by atoms with Crippen molar-refractivity contribution < 1.29 is 42.3 Å². The second-order valence-corrected chi connectivity index (χ2v) is 4.51. The molecular formula is C19H22NO2Y-. The van der Waals surface area contributed by atoms with Crippen LogP contribution in [-0.4, -0.2) is 11.8 Å². The third-order valence-electron chi connectivity index (χ3n) is 3.40. The van der Waals surface area contributed by atoms with Crippen molar-refractivity contribution in [2.75, 3.05) is 4.90 Å². The van der Waals surface area contributed by atoms with E-state index in [0.717, 1.165) is 6.42 Å². The Hall–Kier alpha value is -1.32. The molecule has 2 aromatic rings. The van der Waals surface area contributed by atoms with Crippen molar-refractivity contribution in [3.05, 3.63) is 72.6 Å². The van der Waals surface area contributed by atoms with Crippen LogP contribution in [0.2, 0.25) is 0 Å².